The minimum absolute atomic E-state index is 0.00308. The molecule has 2 aromatic rings. The maximum absolute atomic E-state index is 12.9. The van der Waals surface area contributed by atoms with E-state index in [-0.39, 0.29) is 36.1 Å². The molecule has 0 bridgehead atoms. The first-order chi connectivity index (χ1) is 12.7. The highest BCUT2D eigenvalue weighted by molar-refractivity contribution is 6.33. The van der Waals surface area contributed by atoms with Crippen LogP contribution in [0.4, 0.5) is 18.9 Å². The molecule has 0 saturated carbocycles. The lowest BCUT2D eigenvalue weighted by Gasteiger charge is -2.23. The van der Waals surface area contributed by atoms with Gasteiger partial charge >= 0.3 is 6.18 Å². The topological polar surface area (TPSA) is 49.4 Å². The Bertz CT molecular complexity index is 810. The van der Waals surface area contributed by atoms with Crippen molar-refractivity contribution < 1.29 is 22.8 Å². The number of benzene rings is 2. The molecule has 0 spiro atoms. The molecule has 144 valence electrons. The highest BCUT2D eigenvalue weighted by Crippen LogP contribution is 2.35. The lowest BCUT2D eigenvalue weighted by molar-refractivity contribution is -0.137. The largest absolute Gasteiger partial charge is 0.416 e. The molecule has 0 radical (unpaired) electrons. The normalized spacial score (nSPS) is 11.1. The zero-order chi connectivity index (χ0) is 20.0. The van der Waals surface area contributed by atoms with E-state index in [0.717, 1.165) is 28.7 Å². The van der Waals surface area contributed by atoms with Crippen LogP contribution >= 0.6 is 11.6 Å². The van der Waals surface area contributed by atoms with Crippen LogP contribution in [-0.4, -0.2) is 24.9 Å². The van der Waals surface area contributed by atoms with E-state index < -0.39 is 17.6 Å². The van der Waals surface area contributed by atoms with Gasteiger partial charge in [-0.3, -0.25) is 9.59 Å². The summed E-state index contributed by atoms with van der Waals surface area (Å²) in [6.45, 7) is 1.30. The first-order valence-corrected chi connectivity index (χ1v) is 8.51. The molecule has 2 aromatic carbocycles. The third-order valence-corrected chi connectivity index (χ3v) is 4.13. The Morgan fingerprint density at radius 2 is 1.78 bits per heavy atom. The number of amides is 2. The Morgan fingerprint density at radius 1 is 1.11 bits per heavy atom. The van der Waals surface area contributed by atoms with Gasteiger partial charge in [0.1, 0.15) is 0 Å². The molecule has 2 amide bonds. The zero-order valence-electron chi connectivity index (χ0n) is 14.5. The number of anilines is 1. The standard InChI is InChI=1S/C19H18ClF3N2O2/c1-13(26)25(17-12-15(19(21,22)23)7-8-16(17)20)10-9-24-18(27)11-14-5-3-2-4-6-14/h2-8,12H,9-11H2,1H3,(H,24,27). The Balaban J connectivity index is 2.04. The fourth-order valence-electron chi connectivity index (χ4n) is 2.49. The predicted octanol–water partition coefficient (Wildman–Crippen LogP) is 4.07. The molecule has 0 heterocycles. The zero-order valence-corrected chi connectivity index (χ0v) is 15.3. The molecule has 0 atom stereocenters. The second kappa shape index (κ2) is 8.90. The Kier molecular flexibility index (Phi) is 6.85. The molecule has 4 nitrogen and oxygen atoms in total. The van der Waals surface area contributed by atoms with E-state index >= 15 is 0 Å². The summed E-state index contributed by atoms with van der Waals surface area (Å²) in [5.41, 5.74) is -0.114. The van der Waals surface area contributed by atoms with E-state index in [4.69, 9.17) is 11.6 Å². The van der Waals surface area contributed by atoms with Gasteiger partial charge in [0, 0.05) is 20.0 Å². The second-order valence-electron chi connectivity index (χ2n) is 5.85. The fourth-order valence-corrected chi connectivity index (χ4v) is 2.71. The van der Waals surface area contributed by atoms with Crippen LogP contribution in [0.2, 0.25) is 5.02 Å². The molecule has 27 heavy (non-hydrogen) atoms. The Hall–Kier alpha value is -2.54. The van der Waals surface area contributed by atoms with Gasteiger partial charge in [-0.15, -0.1) is 0 Å². The summed E-state index contributed by atoms with van der Waals surface area (Å²) in [6, 6.07) is 11.9. The number of nitrogens with zero attached hydrogens (tertiary/aromatic N) is 1. The smallest absolute Gasteiger partial charge is 0.354 e. The average molecular weight is 399 g/mol. The van der Waals surface area contributed by atoms with Crippen LogP contribution in [0.1, 0.15) is 18.1 Å². The van der Waals surface area contributed by atoms with Crippen LogP contribution < -0.4 is 10.2 Å². The van der Waals surface area contributed by atoms with Gasteiger partial charge in [0.25, 0.3) is 0 Å². The number of carbonyl (C=O) groups excluding carboxylic acids is 2. The summed E-state index contributed by atoms with van der Waals surface area (Å²) in [7, 11) is 0. The summed E-state index contributed by atoms with van der Waals surface area (Å²) >= 11 is 5.99. The highest BCUT2D eigenvalue weighted by atomic mass is 35.5. The van der Waals surface area contributed by atoms with Gasteiger partial charge in [-0.2, -0.15) is 13.2 Å². The number of halogens is 4. The maximum atomic E-state index is 12.9. The second-order valence-corrected chi connectivity index (χ2v) is 6.25. The van der Waals surface area contributed by atoms with Crippen LogP contribution in [0.3, 0.4) is 0 Å². The van der Waals surface area contributed by atoms with E-state index in [2.05, 4.69) is 5.32 Å². The van der Waals surface area contributed by atoms with E-state index in [1.165, 1.54) is 6.92 Å². The minimum atomic E-state index is -4.55. The molecule has 0 fully saturated rings. The van der Waals surface area contributed by atoms with Gasteiger partial charge in [-0.05, 0) is 23.8 Å². The number of alkyl halides is 3. The van der Waals surface area contributed by atoms with Crippen LogP contribution in [0.15, 0.2) is 48.5 Å². The van der Waals surface area contributed by atoms with Crippen molar-refractivity contribution in [3.63, 3.8) is 0 Å². The van der Waals surface area contributed by atoms with E-state index in [1.54, 1.807) is 0 Å². The van der Waals surface area contributed by atoms with Crippen molar-refractivity contribution in [2.24, 2.45) is 0 Å². The maximum Gasteiger partial charge on any atom is 0.416 e. The third-order valence-electron chi connectivity index (χ3n) is 3.81. The van der Waals surface area contributed by atoms with Crippen LogP contribution in [-0.2, 0) is 22.2 Å². The van der Waals surface area contributed by atoms with Gasteiger partial charge in [-0.25, -0.2) is 0 Å². The van der Waals surface area contributed by atoms with E-state index in [0.29, 0.717) is 0 Å². The summed E-state index contributed by atoms with van der Waals surface area (Å²) < 4.78 is 38.8. The van der Waals surface area contributed by atoms with Gasteiger partial charge in [0.15, 0.2) is 0 Å². The molecule has 2 rings (SSSR count). The molecule has 0 aliphatic carbocycles. The summed E-state index contributed by atoms with van der Waals surface area (Å²) in [6.07, 6.45) is -4.38. The van der Waals surface area contributed by atoms with Gasteiger partial charge < -0.3 is 10.2 Å². The molecule has 0 aromatic heterocycles. The highest BCUT2D eigenvalue weighted by Gasteiger charge is 2.31. The minimum Gasteiger partial charge on any atom is -0.354 e. The van der Waals surface area contributed by atoms with E-state index in [1.807, 2.05) is 30.3 Å². The van der Waals surface area contributed by atoms with Crippen molar-refractivity contribution in [3.05, 3.63) is 64.7 Å². The van der Waals surface area contributed by atoms with E-state index in [9.17, 15) is 22.8 Å². The first-order valence-electron chi connectivity index (χ1n) is 8.14. The molecular weight excluding hydrogens is 381 g/mol. The monoisotopic (exact) mass is 398 g/mol. The summed E-state index contributed by atoms with van der Waals surface area (Å²) in [5, 5.41) is 2.67. The third kappa shape index (κ3) is 5.99. The molecule has 0 saturated heterocycles. The number of hydrogen-bond acceptors (Lipinski definition) is 2. The summed E-state index contributed by atoms with van der Waals surface area (Å²) in [5.74, 6) is -0.728. The number of hydrogen-bond donors (Lipinski definition) is 1. The van der Waals surface area contributed by atoms with Crippen molar-refractivity contribution in [2.75, 3.05) is 18.0 Å². The van der Waals surface area contributed by atoms with Gasteiger partial charge in [0.05, 0.1) is 22.7 Å². The number of carbonyl (C=O) groups is 2. The molecule has 0 aliphatic heterocycles. The van der Waals surface area contributed by atoms with Crippen molar-refractivity contribution in [1.82, 2.24) is 5.32 Å². The van der Waals surface area contributed by atoms with Crippen molar-refractivity contribution in [1.29, 1.82) is 0 Å². The van der Waals surface area contributed by atoms with Crippen LogP contribution in [0.5, 0.6) is 0 Å². The molecule has 8 heteroatoms. The molecular formula is C19H18ClF3N2O2. The SMILES string of the molecule is CC(=O)N(CCNC(=O)Cc1ccccc1)c1cc(C(F)(F)F)ccc1Cl. The van der Waals surface area contributed by atoms with Gasteiger partial charge in [0.2, 0.25) is 11.8 Å². The van der Waals surface area contributed by atoms with Crippen molar-refractivity contribution in [2.45, 2.75) is 19.5 Å². The fraction of sp³-hybridized carbons (Fsp3) is 0.263. The lowest BCUT2D eigenvalue weighted by Crippen LogP contribution is -2.38. The van der Waals surface area contributed by atoms with Crippen LogP contribution in [0, 0.1) is 0 Å². The first kappa shape index (κ1) is 20.8. The average Bonchev–Trinajstić information content (AvgIpc) is 2.59. The number of rotatable bonds is 6. The number of nitrogens with one attached hydrogen (secondary N) is 1. The lowest BCUT2D eigenvalue weighted by atomic mass is 10.1. The molecule has 0 aliphatic rings. The van der Waals surface area contributed by atoms with Crippen molar-refractivity contribution in [3.8, 4) is 0 Å². The quantitative estimate of drug-likeness (QED) is 0.797. The van der Waals surface area contributed by atoms with Gasteiger partial charge in [-0.1, -0.05) is 41.9 Å². The predicted molar refractivity (Wildman–Crippen MR) is 97.6 cm³/mol. The van der Waals surface area contributed by atoms with Crippen molar-refractivity contribution >= 4 is 29.1 Å². The Labute approximate surface area is 159 Å². The van der Waals surface area contributed by atoms with Crippen LogP contribution in [0.25, 0.3) is 0 Å². The summed E-state index contributed by atoms with van der Waals surface area (Å²) in [4.78, 5) is 25.0. The molecule has 0 unspecified atom stereocenters. The molecule has 1 N–H and O–H groups in total. The Morgan fingerprint density at radius 3 is 2.37 bits per heavy atom.